The minimum atomic E-state index is 0.816. The lowest BCUT2D eigenvalue weighted by molar-refractivity contribution is 0.415. The van der Waals surface area contributed by atoms with Gasteiger partial charge in [0.15, 0.2) is 0 Å². The van der Waals surface area contributed by atoms with Crippen LogP contribution in [0, 0.1) is 0 Å². The summed E-state index contributed by atoms with van der Waals surface area (Å²) in [5.41, 5.74) is 7.92. The minimum Gasteiger partial charge on any atom is -0.497 e. The molecule has 0 spiro atoms. The van der Waals surface area contributed by atoms with Crippen LogP contribution in [0.3, 0.4) is 0 Å². The Labute approximate surface area is 106 Å². The normalized spacial score (nSPS) is 10.9. The number of methoxy groups -OCH3 is 1. The van der Waals surface area contributed by atoms with Crippen LogP contribution in [-0.2, 0) is 0 Å². The van der Waals surface area contributed by atoms with Gasteiger partial charge in [-0.05, 0) is 29.6 Å². The highest BCUT2D eigenvalue weighted by Gasteiger charge is 2.10. The van der Waals surface area contributed by atoms with Gasteiger partial charge < -0.3 is 10.5 Å². The summed E-state index contributed by atoms with van der Waals surface area (Å²) in [5, 5.41) is 3.76. The summed E-state index contributed by atoms with van der Waals surface area (Å²) in [7, 11) is 1.67. The second-order valence-corrected chi connectivity index (χ2v) is 5.53. The van der Waals surface area contributed by atoms with Crippen LogP contribution >= 0.6 is 22.7 Å². The first-order valence-electron chi connectivity index (χ1n) is 5.06. The monoisotopic (exact) mass is 262 g/mol. The zero-order valence-corrected chi connectivity index (χ0v) is 10.8. The Bertz CT molecular complexity index is 672. The fourth-order valence-electron chi connectivity index (χ4n) is 1.64. The molecular formula is C12H10N2OS2. The highest BCUT2D eigenvalue weighted by molar-refractivity contribution is 7.22. The number of nitrogens with zero attached hydrogens (tertiary/aromatic N) is 1. The van der Waals surface area contributed by atoms with E-state index in [1.165, 1.54) is 11.3 Å². The molecule has 0 saturated carbocycles. The molecule has 3 nitrogen and oxygen atoms in total. The molecule has 17 heavy (non-hydrogen) atoms. The van der Waals surface area contributed by atoms with Gasteiger partial charge in [0.1, 0.15) is 10.8 Å². The lowest BCUT2D eigenvalue weighted by atomic mass is 10.3. The van der Waals surface area contributed by atoms with E-state index in [1.54, 1.807) is 18.4 Å². The largest absolute Gasteiger partial charge is 0.497 e. The summed E-state index contributed by atoms with van der Waals surface area (Å²) in [6.07, 6.45) is 0. The molecular weight excluding hydrogens is 252 g/mol. The summed E-state index contributed by atoms with van der Waals surface area (Å²) in [6.45, 7) is 0. The van der Waals surface area contributed by atoms with Crippen LogP contribution < -0.4 is 10.5 Å². The lowest BCUT2D eigenvalue weighted by Gasteiger charge is -1.96. The van der Waals surface area contributed by atoms with E-state index >= 15 is 0 Å². The van der Waals surface area contributed by atoms with Crippen molar-refractivity contribution >= 4 is 37.9 Å². The van der Waals surface area contributed by atoms with Crippen molar-refractivity contribution in [3.63, 3.8) is 0 Å². The third kappa shape index (κ3) is 1.77. The molecule has 3 rings (SSSR count). The minimum absolute atomic E-state index is 0.816. The number of nitrogens with two attached hydrogens (primary N) is 1. The second-order valence-electron chi connectivity index (χ2n) is 3.55. The van der Waals surface area contributed by atoms with E-state index in [0.29, 0.717) is 0 Å². The number of ether oxygens (including phenoxy) is 1. The quantitative estimate of drug-likeness (QED) is 0.767. The number of fused-ring (bicyclic) bond motifs is 1. The molecule has 5 heteroatoms. The summed E-state index contributed by atoms with van der Waals surface area (Å²) >= 11 is 3.17. The Hall–Kier alpha value is -1.59. The third-order valence-corrected chi connectivity index (χ3v) is 4.32. The van der Waals surface area contributed by atoms with Crippen LogP contribution in [0.15, 0.2) is 29.6 Å². The second kappa shape index (κ2) is 4.01. The lowest BCUT2D eigenvalue weighted by Crippen LogP contribution is -1.82. The highest BCUT2D eigenvalue weighted by Crippen LogP contribution is 2.36. The first-order valence-corrected chi connectivity index (χ1v) is 6.75. The molecule has 1 aromatic carbocycles. The zero-order valence-electron chi connectivity index (χ0n) is 9.14. The number of benzene rings is 1. The van der Waals surface area contributed by atoms with Gasteiger partial charge in [-0.15, -0.1) is 22.7 Å². The van der Waals surface area contributed by atoms with Crippen LogP contribution in [0.2, 0.25) is 0 Å². The molecule has 2 heterocycles. The molecule has 0 aliphatic carbocycles. The first-order chi connectivity index (χ1) is 8.28. The number of thiazole rings is 1. The Morgan fingerprint density at radius 3 is 2.88 bits per heavy atom. The van der Waals surface area contributed by atoms with E-state index in [0.717, 1.165) is 31.5 Å². The SMILES string of the molecule is COc1ccc2nc(-c3ccsc3N)sc2c1. The smallest absolute Gasteiger partial charge is 0.127 e. The predicted octanol–water partition coefficient (Wildman–Crippen LogP) is 3.62. The number of thiophene rings is 1. The van der Waals surface area contributed by atoms with E-state index in [9.17, 15) is 0 Å². The van der Waals surface area contributed by atoms with Gasteiger partial charge >= 0.3 is 0 Å². The number of anilines is 1. The van der Waals surface area contributed by atoms with Gasteiger partial charge in [-0.1, -0.05) is 0 Å². The molecule has 0 radical (unpaired) electrons. The molecule has 0 aliphatic heterocycles. The summed E-state index contributed by atoms with van der Waals surface area (Å²) in [4.78, 5) is 4.58. The number of rotatable bonds is 2. The van der Waals surface area contributed by atoms with E-state index in [-0.39, 0.29) is 0 Å². The molecule has 0 saturated heterocycles. The maximum atomic E-state index is 5.91. The van der Waals surface area contributed by atoms with Crippen LogP contribution in [0.25, 0.3) is 20.8 Å². The van der Waals surface area contributed by atoms with Crippen LogP contribution in [-0.4, -0.2) is 12.1 Å². The molecule has 3 aromatic rings. The first kappa shape index (κ1) is 10.6. The summed E-state index contributed by atoms with van der Waals surface area (Å²) in [5.74, 6) is 0.853. The van der Waals surface area contributed by atoms with Gasteiger partial charge in [0.25, 0.3) is 0 Å². The fourth-order valence-corrected chi connectivity index (χ4v) is 3.39. The summed E-state index contributed by atoms with van der Waals surface area (Å²) in [6, 6.07) is 7.90. The van der Waals surface area contributed by atoms with E-state index in [4.69, 9.17) is 10.5 Å². The third-order valence-electron chi connectivity index (χ3n) is 2.52. The van der Waals surface area contributed by atoms with Crippen molar-refractivity contribution in [1.29, 1.82) is 0 Å². The zero-order chi connectivity index (χ0) is 11.8. The maximum absolute atomic E-state index is 5.91. The van der Waals surface area contributed by atoms with Crippen molar-refractivity contribution in [3.8, 4) is 16.3 Å². The number of nitrogen functional groups attached to an aromatic ring is 1. The molecule has 0 aliphatic rings. The molecule has 2 N–H and O–H groups in total. The number of hydrogen-bond acceptors (Lipinski definition) is 5. The van der Waals surface area contributed by atoms with Crippen molar-refractivity contribution in [2.75, 3.05) is 12.8 Å². The van der Waals surface area contributed by atoms with Gasteiger partial charge in [-0.3, -0.25) is 0 Å². The molecule has 0 unspecified atom stereocenters. The standard InChI is InChI=1S/C12H10N2OS2/c1-15-7-2-3-9-10(6-7)17-12(14-9)8-4-5-16-11(8)13/h2-6H,13H2,1H3. The fraction of sp³-hybridized carbons (Fsp3) is 0.0833. The van der Waals surface area contributed by atoms with Crippen molar-refractivity contribution < 1.29 is 4.74 Å². The average Bonchev–Trinajstić information content (AvgIpc) is 2.93. The van der Waals surface area contributed by atoms with Gasteiger partial charge in [0, 0.05) is 5.56 Å². The van der Waals surface area contributed by atoms with Gasteiger partial charge in [-0.2, -0.15) is 0 Å². The van der Waals surface area contributed by atoms with Gasteiger partial charge in [-0.25, -0.2) is 4.98 Å². The topological polar surface area (TPSA) is 48.1 Å². The van der Waals surface area contributed by atoms with Crippen LogP contribution in [0.4, 0.5) is 5.00 Å². The Balaban J connectivity index is 2.17. The van der Waals surface area contributed by atoms with E-state index in [2.05, 4.69) is 4.98 Å². The Morgan fingerprint density at radius 2 is 2.18 bits per heavy atom. The summed E-state index contributed by atoms with van der Waals surface area (Å²) < 4.78 is 6.32. The molecule has 0 atom stereocenters. The van der Waals surface area contributed by atoms with E-state index in [1.807, 2.05) is 29.6 Å². The molecule has 2 aromatic heterocycles. The molecule has 0 amide bonds. The Kier molecular flexibility index (Phi) is 2.49. The van der Waals surface area contributed by atoms with Crippen molar-refractivity contribution in [2.45, 2.75) is 0 Å². The predicted molar refractivity (Wildman–Crippen MR) is 73.9 cm³/mol. The average molecular weight is 262 g/mol. The number of aromatic nitrogens is 1. The molecule has 0 bridgehead atoms. The van der Waals surface area contributed by atoms with Crippen LogP contribution in [0.1, 0.15) is 0 Å². The van der Waals surface area contributed by atoms with E-state index < -0.39 is 0 Å². The van der Waals surface area contributed by atoms with Gasteiger partial charge in [0.2, 0.25) is 0 Å². The van der Waals surface area contributed by atoms with Gasteiger partial charge in [0.05, 0.1) is 22.3 Å². The number of hydrogen-bond donors (Lipinski definition) is 1. The maximum Gasteiger partial charge on any atom is 0.127 e. The molecule has 0 fully saturated rings. The van der Waals surface area contributed by atoms with Crippen LogP contribution in [0.5, 0.6) is 5.75 Å². The molecule has 86 valence electrons. The van der Waals surface area contributed by atoms with Crippen molar-refractivity contribution in [3.05, 3.63) is 29.6 Å². The van der Waals surface area contributed by atoms with Crippen molar-refractivity contribution in [2.24, 2.45) is 0 Å². The highest BCUT2D eigenvalue weighted by atomic mass is 32.1. The Morgan fingerprint density at radius 1 is 1.29 bits per heavy atom. The van der Waals surface area contributed by atoms with Crippen molar-refractivity contribution in [1.82, 2.24) is 4.98 Å².